The van der Waals surface area contributed by atoms with Gasteiger partial charge in [0.2, 0.25) is 0 Å². The molecule has 0 aromatic heterocycles. The summed E-state index contributed by atoms with van der Waals surface area (Å²) in [4.78, 5) is 12.6. The lowest BCUT2D eigenvalue weighted by Crippen LogP contribution is -2.17. The molecule has 3 rings (SSSR count). The van der Waals surface area contributed by atoms with Gasteiger partial charge in [0.15, 0.2) is 0 Å². The van der Waals surface area contributed by atoms with Gasteiger partial charge < -0.3 is 14.8 Å². The summed E-state index contributed by atoms with van der Waals surface area (Å²) in [5.41, 5.74) is -0.948. The normalized spacial score (nSPS) is 11.6. The molecule has 1 amide bonds. The fraction of sp³-hybridized carbons (Fsp3) is 0.174. The number of sulfonamides is 1. The van der Waals surface area contributed by atoms with E-state index >= 15 is 0 Å². The second kappa shape index (κ2) is 10.0. The molecule has 0 spiro atoms. The molecule has 0 aliphatic heterocycles. The Kier molecular flexibility index (Phi) is 7.35. The lowest BCUT2D eigenvalue weighted by molar-refractivity contribution is -0.137. The highest BCUT2D eigenvalue weighted by atomic mass is 32.2. The van der Waals surface area contributed by atoms with E-state index in [4.69, 9.17) is 9.47 Å². The minimum Gasteiger partial charge on any atom is -0.497 e. The first kappa shape index (κ1) is 24.9. The molecule has 0 fully saturated rings. The largest absolute Gasteiger partial charge is 0.497 e. The Bertz CT molecular complexity index is 1280. The van der Waals surface area contributed by atoms with Crippen LogP contribution in [0.5, 0.6) is 11.5 Å². The number of anilines is 2. The summed E-state index contributed by atoms with van der Waals surface area (Å²) in [6.07, 6.45) is -4.62. The molecular weight excluding hydrogens is 473 g/mol. The Hall–Kier alpha value is -3.73. The van der Waals surface area contributed by atoms with Crippen molar-refractivity contribution in [3.8, 4) is 11.5 Å². The van der Waals surface area contributed by atoms with Gasteiger partial charge in [-0.05, 0) is 67.6 Å². The van der Waals surface area contributed by atoms with Gasteiger partial charge in [0.25, 0.3) is 15.9 Å². The molecule has 11 heteroatoms. The first-order chi connectivity index (χ1) is 16.0. The molecule has 0 aliphatic carbocycles. The smallest absolute Gasteiger partial charge is 0.416 e. The topological polar surface area (TPSA) is 93.7 Å². The van der Waals surface area contributed by atoms with Gasteiger partial charge in [0.1, 0.15) is 11.5 Å². The summed E-state index contributed by atoms with van der Waals surface area (Å²) in [6, 6.07) is 14.0. The lowest BCUT2D eigenvalue weighted by atomic mass is 10.1. The molecule has 2 N–H and O–H groups in total. The van der Waals surface area contributed by atoms with Crippen LogP contribution in [0.1, 0.15) is 22.8 Å². The van der Waals surface area contributed by atoms with Gasteiger partial charge in [-0.3, -0.25) is 9.52 Å². The van der Waals surface area contributed by atoms with E-state index in [1.54, 1.807) is 19.1 Å². The van der Waals surface area contributed by atoms with Crippen molar-refractivity contribution in [1.82, 2.24) is 0 Å². The number of hydrogen-bond acceptors (Lipinski definition) is 5. The molecule has 0 atom stereocenters. The molecule has 3 aromatic rings. The van der Waals surface area contributed by atoms with Crippen molar-refractivity contribution in [2.45, 2.75) is 18.0 Å². The molecule has 0 saturated carbocycles. The van der Waals surface area contributed by atoms with E-state index in [0.29, 0.717) is 5.75 Å². The van der Waals surface area contributed by atoms with Crippen LogP contribution in [0.4, 0.5) is 24.5 Å². The van der Waals surface area contributed by atoms with Gasteiger partial charge in [-0.2, -0.15) is 13.2 Å². The quantitative estimate of drug-likeness (QED) is 0.451. The molecule has 34 heavy (non-hydrogen) atoms. The second-order valence-electron chi connectivity index (χ2n) is 6.96. The van der Waals surface area contributed by atoms with E-state index < -0.39 is 27.7 Å². The number of nitrogens with one attached hydrogen (secondary N) is 2. The van der Waals surface area contributed by atoms with E-state index in [-0.39, 0.29) is 34.2 Å². The molecule has 3 aromatic carbocycles. The van der Waals surface area contributed by atoms with Crippen molar-refractivity contribution in [2.75, 3.05) is 23.8 Å². The maximum Gasteiger partial charge on any atom is 0.416 e. The Morgan fingerprint density at radius 2 is 1.71 bits per heavy atom. The fourth-order valence-corrected chi connectivity index (χ4v) is 4.06. The van der Waals surface area contributed by atoms with Crippen LogP contribution in [0.15, 0.2) is 71.6 Å². The summed E-state index contributed by atoms with van der Waals surface area (Å²) in [5.74, 6) is -0.210. The number of rotatable bonds is 8. The number of alkyl halides is 3. The molecular formula is C23H21F3N2O5S. The van der Waals surface area contributed by atoms with E-state index in [0.717, 1.165) is 24.3 Å². The molecule has 0 radical (unpaired) electrons. The van der Waals surface area contributed by atoms with Gasteiger partial charge in [-0.15, -0.1) is 0 Å². The summed E-state index contributed by atoms with van der Waals surface area (Å²) in [6.45, 7) is 1.81. The maximum atomic E-state index is 13.1. The number of carbonyl (C=O) groups excluding carboxylic acids is 1. The molecule has 7 nitrogen and oxygen atoms in total. The maximum absolute atomic E-state index is 13.1. The molecule has 0 bridgehead atoms. The van der Waals surface area contributed by atoms with Crippen LogP contribution in [0.3, 0.4) is 0 Å². The highest BCUT2D eigenvalue weighted by Crippen LogP contribution is 2.35. The predicted molar refractivity (Wildman–Crippen MR) is 121 cm³/mol. The summed E-state index contributed by atoms with van der Waals surface area (Å²) in [7, 11) is -2.57. The Morgan fingerprint density at radius 3 is 2.32 bits per heavy atom. The third kappa shape index (κ3) is 5.98. The van der Waals surface area contributed by atoms with Gasteiger partial charge in [-0.25, -0.2) is 8.42 Å². The van der Waals surface area contributed by atoms with Crippen LogP contribution in [-0.2, 0) is 16.2 Å². The van der Waals surface area contributed by atoms with E-state index in [2.05, 4.69) is 10.0 Å². The number of amides is 1. The average molecular weight is 494 g/mol. The van der Waals surface area contributed by atoms with Crippen molar-refractivity contribution in [3.63, 3.8) is 0 Å². The number of methoxy groups -OCH3 is 1. The van der Waals surface area contributed by atoms with Crippen molar-refractivity contribution in [1.29, 1.82) is 0 Å². The summed E-state index contributed by atoms with van der Waals surface area (Å²) >= 11 is 0. The zero-order chi connectivity index (χ0) is 24.9. The van der Waals surface area contributed by atoms with E-state index in [1.807, 2.05) is 0 Å². The molecule has 180 valence electrons. The summed E-state index contributed by atoms with van der Waals surface area (Å²) < 4.78 is 77.6. The predicted octanol–water partition coefficient (Wildman–Crippen LogP) is 5.17. The van der Waals surface area contributed by atoms with Crippen LogP contribution in [0.25, 0.3) is 0 Å². The Balaban J connectivity index is 1.86. The fourth-order valence-electron chi connectivity index (χ4n) is 2.96. The van der Waals surface area contributed by atoms with Crippen LogP contribution in [-0.4, -0.2) is 28.0 Å². The minimum atomic E-state index is -4.62. The first-order valence-electron chi connectivity index (χ1n) is 9.96. The SMILES string of the molecule is CCOc1ccc(C(F)(F)F)cc1NC(=O)c1cccc(S(=O)(=O)Nc2ccc(OC)cc2)c1. The first-order valence-corrected chi connectivity index (χ1v) is 11.4. The van der Waals surface area contributed by atoms with Crippen molar-refractivity contribution >= 4 is 27.3 Å². The Morgan fingerprint density at radius 1 is 1.00 bits per heavy atom. The number of ether oxygens (including phenoxy) is 2. The van der Waals surface area contributed by atoms with Crippen LogP contribution in [0, 0.1) is 0 Å². The third-order valence-electron chi connectivity index (χ3n) is 4.60. The highest BCUT2D eigenvalue weighted by Gasteiger charge is 2.31. The van der Waals surface area contributed by atoms with E-state index in [9.17, 15) is 26.4 Å². The number of hydrogen-bond donors (Lipinski definition) is 2. The third-order valence-corrected chi connectivity index (χ3v) is 5.98. The zero-order valence-corrected chi connectivity index (χ0v) is 19.0. The molecule has 0 aliphatic rings. The van der Waals surface area contributed by atoms with Crippen LogP contribution < -0.4 is 19.5 Å². The zero-order valence-electron chi connectivity index (χ0n) is 18.1. The van der Waals surface area contributed by atoms with Gasteiger partial charge in [0, 0.05) is 11.3 Å². The van der Waals surface area contributed by atoms with Gasteiger partial charge in [0.05, 0.1) is 29.9 Å². The molecule has 0 heterocycles. The molecule has 0 saturated heterocycles. The standard InChI is InChI=1S/C23H21F3N2O5S/c1-3-33-21-12-7-16(23(24,25)26)14-20(21)27-22(29)15-5-4-6-19(13-15)34(30,31)28-17-8-10-18(32-2)11-9-17/h4-14,28H,3H2,1-2H3,(H,27,29). The number of halogens is 3. The van der Waals surface area contributed by atoms with Crippen LogP contribution >= 0.6 is 0 Å². The Labute approximate surface area is 194 Å². The lowest BCUT2D eigenvalue weighted by Gasteiger charge is -2.15. The van der Waals surface area contributed by atoms with Crippen molar-refractivity contribution in [2.24, 2.45) is 0 Å². The minimum absolute atomic E-state index is 0.0498. The van der Waals surface area contributed by atoms with Crippen molar-refractivity contribution in [3.05, 3.63) is 77.9 Å². The highest BCUT2D eigenvalue weighted by molar-refractivity contribution is 7.92. The molecule has 0 unspecified atom stereocenters. The van der Waals surface area contributed by atoms with Crippen molar-refractivity contribution < 1.29 is 35.9 Å². The second-order valence-corrected chi connectivity index (χ2v) is 8.64. The number of carbonyl (C=O) groups is 1. The summed E-state index contributed by atoms with van der Waals surface area (Å²) in [5, 5.41) is 2.37. The monoisotopic (exact) mass is 494 g/mol. The van der Waals surface area contributed by atoms with Gasteiger partial charge >= 0.3 is 6.18 Å². The van der Waals surface area contributed by atoms with Crippen LogP contribution in [0.2, 0.25) is 0 Å². The number of benzene rings is 3. The van der Waals surface area contributed by atoms with Gasteiger partial charge in [-0.1, -0.05) is 6.07 Å². The van der Waals surface area contributed by atoms with E-state index in [1.165, 1.54) is 37.4 Å². The average Bonchev–Trinajstić information content (AvgIpc) is 2.80.